The molecule has 0 spiro atoms. The molecule has 0 aliphatic rings. The van der Waals surface area contributed by atoms with Crippen molar-refractivity contribution in [1.29, 1.82) is 5.26 Å². The van der Waals surface area contributed by atoms with Gasteiger partial charge in [0.1, 0.15) is 0 Å². The standard InChI is InChI=1S/C16H14N2O2/c1-19-15-4-3-13(11-16(15)20-2)14(5-8-17)12-6-9-18-10-7-12/h3-7,9-11H,1-2H3/b14-5-. The second-order valence-corrected chi connectivity index (χ2v) is 3.99. The van der Waals surface area contributed by atoms with Gasteiger partial charge in [-0.15, -0.1) is 0 Å². The molecule has 2 aromatic rings. The summed E-state index contributed by atoms with van der Waals surface area (Å²) in [6.45, 7) is 0. The van der Waals surface area contributed by atoms with E-state index in [4.69, 9.17) is 14.7 Å². The van der Waals surface area contributed by atoms with Crippen LogP contribution in [0.3, 0.4) is 0 Å². The monoisotopic (exact) mass is 266 g/mol. The highest BCUT2D eigenvalue weighted by atomic mass is 16.5. The molecule has 0 fully saturated rings. The number of benzene rings is 1. The lowest BCUT2D eigenvalue weighted by Crippen LogP contribution is -1.94. The summed E-state index contributed by atoms with van der Waals surface area (Å²) in [5, 5.41) is 8.99. The molecule has 0 unspecified atom stereocenters. The second-order valence-electron chi connectivity index (χ2n) is 3.99. The van der Waals surface area contributed by atoms with E-state index in [0.717, 1.165) is 16.7 Å². The molecular formula is C16H14N2O2. The molecule has 1 heterocycles. The number of aromatic nitrogens is 1. The van der Waals surface area contributed by atoms with Crippen molar-refractivity contribution in [2.24, 2.45) is 0 Å². The van der Waals surface area contributed by atoms with E-state index in [1.807, 2.05) is 30.3 Å². The Kier molecular flexibility index (Phi) is 4.35. The van der Waals surface area contributed by atoms with Gasteiger partial charge in [-0.25, -0.2) is 0 Å². The topological polar surface area (TPSA) is 55.1 Å². The van der Waals surface area contributed by atoms with Crippen molar-refractivity contribution in [1.82, 2.24) is 4.98 Å². The maximum absolute atomic E-state index is 8.99. The zero-order valence-electron chi connectivity index (χ0n) is 11.3. The van der Waals surface area contributed by atoms with Crippen LogP contribution >= 0.6 is 0 Å². The molecule has 100 valence electrons. The largest absolute Gasteiger partial charge is 0.493 e. The third kappa shape index (κ3) is 2.78. The highest BCUT2D eigenvalue weighted by Gasteiger charge is 2.09. The van der Waals surface area contributed by atoms with Gasteiger partial charge in [-0.2, -0.15) is 5.26 Å². The molecule has 0 radical (unpaired) electrons. The van der Waals surface area contributed by atoms with Crippen LogP contribution in [0, 0.1) is 11.3 Å². The van der Waals surface area contributed by atoms with Gasteiger partial charge < -0.3 is 9.47 Å². The lowest BCUT2D eigenvalue weighted by Gasteiger charge is -2.11. The van der Waals surface area contributed by atoms with Gasteiger partial charge in [0.25, 0.3) is 0 Å². The Balaban J connectivity index is 2.52. The molecule has 0 aliphatic carbocycles. The number of allylic oxidation sites excluding steroid dienone is 1. The summed E-state index contributed by atoms with van der Waals surface area (Å²) in [5.41, 5.74) is 2.63. The molecule has 4 nitrogen and oxygen atoms in total. The van der Waals surface area contributed by atoms with Gasteiger partial charge in [0, 0.05) is 18.5 Å². The number of ether oxygens (including phenoxy) is 2. The predicted octanol–water partition coefficient (Wildman–Crippen LogP) is 3.05. The first kappa shape index (κ1) is 13.6. The third-order valence-corrected chi connectivity index (χ3v) is 2.89. The van der Waals surface area contributed by atoms with Crippen LogP contribution in [0.5, 0.6) is 11.5 Å². The molecular weight excluding hydrogens is 252 g/mol. The maximum Gasteiger partial charge on any atom is 0.161 e. The zero-order chi connectivity index (χ0) is 14.4. The smallest absolute Gasteiger partial charge is 0.161 e. The normalized spacial score (nSPS) is 10.8. The van der Waals surface area contributed by atoms with Crippen LogP contribution < -0.4 is 9.47 Å². The van der Waals surface area contributed by atoms with Crippen LogP contribution in [0.25, 0.3) is 5.57 Å². The average molecular weight is 266 g/mol. The second kappa shape index (κ2) is 6.39. The van der Waals surface area contributed by atoms with Crippen LogP contribution in [0.1, 0.15) is 11.1 Å². The minimum atomic E-state index is 0.628. The summed E-state index contributed by atoms with van der Waals surface area (Å²) in [6.07, 6.45) is 4.90. The summed E-state index contributed by atoms with van der Waals surface area (Å²) in [5.74, 6) is 1.28. The van der Waals surface area contributed by atoms with Crippen LogP contribution in [0.2, 0.25) is 0 Å². The first-order chi connectivity index (χ1) is 9.80. The van der Waals surface area contributed by atoms with E-state index in [9.17, 15) is 0 Å². The fourth-order valence-corrected chi connectivity index (χ4v) is 1.93. The number of nitrogens with zero attached hydrogens (tertiary/aromatic N) is 2. The predicted molar refractivity (Wildman–Crippen MR) is 76.5 cm³/mol. The molecule has 0 N–H and O–H groups in total. The van der Waals surface area contributed by atoms with E-state index in [2.05, 4.69) is 11.1 Å². The first-order valence-corrected chi connectivity index (χ1v) is 6.02. The van der Waals surface area contributed by atoms with Crippen molar-refractivity contribution in [3.63, 3.8) is 0 Å². The van der Waals surface area contributed by atoms with E-state index in [1.165, 1.54) is 6.08 Å². The number of nitriles is 1. The van der Waals surface area contributed by atoms with Crippen molar-refractivity contribution in [3.8, 4) is 17.6 Å². The molecule has 1 aromatic heterocycles. The lowest BCUT2D eigenvalue weighted by molar-refractivity contribution is 0.355. The highest BCUT2D eigenvalue weighted by molar-refractivity contribution is 5.82. The first-order valence-electron chi connectivity index (χ1n) is 6.02. The van der Waals surface area contributed by atoms with Gasteiger partial charge in [0.2, 0.25) is 0 Å². The third-order valence-electron chi connectivity index (χ3n) is 2.89. The molecule has 0 saturated carbocycles. The Morgan fingerprint density at radius 3 is 2.35 bits per heavy atom. The average Bonchev–Trinajstić information content (AvgIpc) is 2.52. The van der Waals surface area contributed by atoms with E-state index in [1.54, 1.807) is 26.6 Å². The lowest BCUT2D eigenvalue weighted by atomic mass is 9.98. The van der Waals surface area contributed by atoms with E-state index in [0.29, 0.717) is 11.5 Å². The summed E-state index contributed by atoms with van der Waals surface area (Å²) in [7, 11) is 3.17. The molecule has 0 amide bonds. The fraction of sp³-hybridized carbons (Fsp3) is 0.125. The molecule has 0 atom stereocenters. The SMILES string of the molecule is COc1ccc(/C(=C\C#N)c2ccncc2)cc1OC. The van der Waals surface area contributed by atoms with Crippen LogP contribution in [0.15, 0.2) is 48.8 Å². The quantitative estimate of drug-likeness (QED) is 0.798. The van der Waals surface area contributed by atoms with Gasteiger partial charge in [-0.05, 0) is 41.0 Å². The minimum Gasteiger partial charge on any atom is -0.493 e. The molecule has 4 heteroatoms. The van der Waals surface area contributed by atoms with Gasteiger partial charge >= 0.3 is 0 Å². The highest BCUT2D eigenvalue weighted by Crippen LogP contribution is 2.32. The van der Waals surface area contributed by atoms with Crippen molar-refractivity contribution in [3.05, 3.63) is 59.9 Å². The Morgan fingerprint density at radius 1 is 1.05 bits per heavy atom. The molecule has 1 aromatic carbocycles. The number of hydrogen-bond donors (Lipinski definition) is 0. The van der Waals surface area contributed by atoms with Crippen molar-refractivity contribution in [2.75, 3.05) is 14.2 Å². The van der Waals surface area contributed by atoms with Crippen molar-refractivity contribution >= 4 is 5.57 Å². The molecule has 0 bridgehead atoms. The summed E-state index contributed by atoms with van der Waals surface area (Å²) in [6, 6.07) is 11.4. The summed E-state index contributed by atoms with van der Waals surface area (Å²) >= 11 is 0. The van der Waals surface area contributed by atoms with Gasteiger partial charge in [-0.3, -0.25) is 4.98 Å². The summed E-state index contributed by atoms with van der Waals surface area (Å²) in [4.78, 5) is 3.99. The van der Waals surface area contributed by atoms with Gasteiger partial charge in [-0.1, -0.05) is 6.07 Å². The Bertz CT molecular complexity index is 658. The van der Waals surface area contributed by atoms with Crippen LogP contribution in [-0.2, 0) is 0 Å². The zero-order valence-corrected chi connectivity index (χ0v) is 11.3. The molecule has 0 aliphatic heterocycles. The Morgan fingerprint density at radius 2 is 1.75 bits per heavy atom. The Hall–Kier alpha value is -2.80. The van der Waals surface area contributed by atoms with Crippen LogP contribution in [0.4, 0.5) is 0 Å². The van der Waals surface area contributed by atoms with Gasteiger partial charge in [0.05, 0.1) is 20.3 Å². The van der Waals surface area contributed by atoms with Gasteiger partial charge in [0.15, 0.2) is 11.5 Å². The maximum atomic E-state index is 8.99. The molecule has 20 heavy (non-hydrogen) atoms. The molecule has 0 saturated heterocycles. The number of rotatable bonds is 4. The van der Waals surface area contributed by atoms with Crippen molar-refractivity contribution < 1.29 is 9.47 Å². The van der Waals surface area contributed by atoms with Crippen LogP contribution in [-0.4, -0.2) is 19.2 Å². The minimum absolute atomic E-state index is 0.628. The molecule has 2 rings (SSSR count). The number of methoxy groups -OCH3 is 2. The fourth-order valence-electron chi connectivity index (χ4n) is 1.93. The Labute approximate surface area is 117 Å². The van der Waals surface area contributed by atoms with E-state index in [-0.39, 0.29) is 0 Å². The summed E-state index contributed by atoms with van der Waals surface area (Å²) < 4.78 is 10.5. The number of pyridine rings is 1. The van der Waals surface area contributed by atoms with Crippen molar-refractivity contribution in [2.45, 2.75) is 0 Å². The van der Waals surface area contributed by atoms with E-state index >= 15 is 0 Å². The van der Waals surface area contributed by atoms with E-state index < -0.39 is 0 Å². The number of hydrogen-bond acceptors (Lipinski definition) is 4.